The smallest absolute Gasteiger partial charge is 0.268 e. The number of nitrogens with zero attached hydrogens (tertiary/aromatic N) is 1. The van der Waals surface area contributed by atoms with Crippen molar-refractivity contribution >= 4 is 69.2 Å². The van der Waals surface area contributed by atoms with Gasteiger partial charge >= 0.3 is 0 Å². The summed E-state index contributed by atoms with van der Waals surface area (Å²) in [5.74, 6) is -0.667. The highest BCUT2D eigenvalue weighted by Crippen LogP contribution is 2.38. The normalized spacial score (nSPS) is 16.5. The van der Waals surface area contributed by atoms with Crippen LogP contribution in [0.4, 0.5) is 10.1 Å². The summed E-state index contributed by atoms with van der Waals surface area (Å²) >= 11 is 18.7. The van der Waals surface area contributed by atoms with Crippen LogP contribution in [-0.2, 0) is 4.79 Å². The molecule has 23 heavy (non-hydrogen) atoms. The first-order valence-corrected chi connectivity index (χ1v) is 8.43. The third kappa shape index (κ3) is 3.28. The number of hydrogen-bond donors (Lipinski definition) is 0. The van der Waals surface area contributed by atoms with Gasteiger partial charge in [0.1, 0.15) is 5.82 Å². The van der Waals surface area contributed by atoms with E-state index in [1.807, 2.05) is 0 Å². The lowest BCUT2D eigenvalue weighted by molar-refractivity contribution is -0.113. The molecular formula is C16H8Cl2FNOS2. The van der Waals surface area contributed by atoms with E-state index in [9.17, 15) is 9.18 Å². The zero-order chi connectivity index (χ0) is 16.6. The molecule has 0 spiro atoms. The number of thioether (sulfide) groups is 1. The Morgan fingerprint density at radius 3 is 2.30 bits per heavy atom. The molecule has 0 saturated carbocycles. The van der Waals surface area contributed by atoms with E-state index in [-0.39, 0.29) is 11.7 Å². The van der Waals surface area contributed by atoms with Crippen molar-refractivity contribution in [3.63, 3.8) is 0 Å². The number of carbonyl (C=O) groups excluding carboxylic acids is 1. The minimum atomic E-state index is -0.377. The lowest BCUT2D eigenvalue weighted by Crippen LogP contribution is -2.27. The lowest BCUT2D eigenvalue weighted by atomic mass is 10.2. The molecule has 2 nitrogen and oxygen atoms in total. The van der Waals surface area contributed by atoms with Gasteiger partial charge in [-0.25, -0.2) is 4.39 Å². The first-order valence-electron chi connectivity index (χ1n) is 6.45. The number of anilines is 1. The van der Waals surface area contributed by atoms with Gasteiger partial charge in [0.2, 0.25) is 0 Å². The highest BCUT2D eigenvalue weighted by Gasteiger charge is 2.33. The molecule has 1 aliphatic heterocycles. The summed E-state index contributed by atoms with van der Waals surface area (Å²) in [5.41, 5.74) is 1.08. The zero-order valence-corrected chi connectivity index (χ0v) is 14.6. The summed E-state index contributed by atoms with van der Waals surface area (Å²) < 4.78 is 13.4. The van der Waals surface area contributed by atoms with E-state index < -0.39 is 0 Å². The highest BCUT2D eigenvalue weighted by atomic mass is 35.5. The van der Waals surface area contributed by atoms with Gasteiger partial charge in [0.05, 0.1) is 10.6 Å². The van der Waals surface area contributed by atoms with Gasteiger partial charge in [0, 0.05) is 15.6 Å². The fourth-order valence-electron chi connectivity index (χ4n) is 2.06. The van der Waals surface area contributed by atoms with Crippen molar-refractivity contribution in [3.05, 3.63) is 68.8 Å². The van der Waals surface area contributed by atoms with Crippen molar-refractivity contribution in [2.45, 2.75) is 0 Å². The predicted octanol–water partition coefficient (Wildman–Crippen LogP) is 5.54. The molecule has 0 radical (unpaired) electrons. The van der Waals surface area contributed by atoms with Gasteiger partial charge in [-0.3, -0.25) is 9.69 Å². The molecule has 116 valence electrons. The van der Waals surface area contributed by atoms with E-state index >= 15 is 0 Å². The third-order valence-corrected chi connectivity index (χ3v) is 5.12. The number of amides is 1. The van der Waals surface area contributed by atoms with Crippen LogP contribution in [0.25, 0.3) is 6.08 Å². The molecule has 1 fully saturated rings. The molecule has 0 atom stereocenters. The fourth-order valence-corrected chi connectivity index (χ4v) is 3.85. The van der Waals surface area contributed by atoms with Crippen LogP contribution in [0.1, 0.15) is 5.56 Å². The zero-order valence-electron chi connectivity index (χ0n) is 11.4. The van der Waals surface area contributed by atoms with Crippen molar-refractivity contribution < 1.29 is 9.18 Å². The van der Waals surface area contributed by atoms with Crippen LogP contribution < -0.4 is 4.90 Å². The molecular weight excluding hydrogens is 376 g/mol. The Labute approximate surface area is 151 Å². The lowest BCUT2D eigenvalue weighted by Gasteiger charge is -2.14. The Bertz CT molecular complexity index is 816. The Hall–Kier alpha value is -1.40. The molecule has 1 amide bonds. The molecule has 1 saturated heterocycles. The second kappa shape index (κ2) is 6.61. The maximum atomic E-state index is 13.0. The molecule has 2 aromatic rings. The minimum absolute atomic E-state index is 0.289. The van der Waals surface area contributed by atoms with Crippen LogP contribution in [0.15, 0.2) is 47.4 Å². The van der Waals surface area contributed by atoms with Crippen molar-refractivity contribution in [1.29, 1.82) is 0 Å². The van der Waals surface area contributed by atoms with Crippen LogP contribution in [0.3, 0.4) is 0 Å². The Morgan fingerprint density at radius 1 is 1.09 bits per heavy atom. The molecule has 0 N–H and O–H groups in total. The second-order valence-electron chi connectivity index (χ2n) is 4.63. The van der Waals surface area contributed by atoms with Gasteiger partial charge in [-0.05, 0) is 42.5 Å². The molecule has 7 heteroatoms. The average Bonchev–Trinajstić information content (AvgIpc) is 2.79. The van der Waals surface area contributed by atoms with E-state index in [0.29, 0.717) is 30.5 Å². The Balaban J connectivity index is 1.98. The van der Waals surface area contributed by atoms with Crippen LogP contribution >= 0.6 is 47.2 Å². The summed E-state index contributed by atoms with van der Waals surface area (Å²) in [6.07, 6.45) is 1.62. The summed E-state index contributed by atoms with van der Waals surface area (Å²) in [4.78, 5) is 14.4. The first-order chi connectivity index (χ1) is 11.0. The molecule has 0 bridgehead atoms. The number of rotatable bonds is 2. The fraction of sp³-hybridized carbons (Fsp3) is 0. The maximum absolute atomic E-state index is 13.0. The van der Waals surface area contributed by atoms with Gasteiger partial charge in [-0.15, -0.1) is 0 Å². The van der Waals surface area contributed by atoms with Crippen LogP contribution in [0, 0.1) is 5.82 Å². The quantitative estimate of drug-likeness (QED) is 0.501. The van der Waals surface area contributed by atoms with E-state index in [4.69, 9.17) is 35.4 Å². The minimum Gasteiger partial charge on any atom is -0.268 e. The summed E-state index contributed by atoms with van der Waals surface area (Å²) in [6.45, 7) is 0. The molecule has 1 aliphatic rings. The monoisotopic (exact) mass is 383 g/mol. The van der Waals surface area contributed by atoms with Crippen LogP contribution in [0.5, 0.6) is 0 Å². The average molecular weight is 384 g/mol. The van der Waals surface area contributed by atoms with Crippen molar-refractivity contribution in [2.24, 2.45) is 0 Å². The maximum Gasteiger partial charge on any atom is 0.270 e. The Kier molecular flexibility index (Phi) is 4.73. The van der Waals surface area contributed by atoms with Gasteiger partial charge in [-0.2, -0.15) is 0 Å². The SMILES string of the molecule is O=C1/C(=C/c2c(Cl)cccc2Cl)SC(=S)N1c1ccc(F)cc1. The molecule has 0 aromatic heterocycles. The molecule has 1 heterocycles. The summed E-state index contributed by atoms with van der Waals surface area (Å²) in [5, 5.41) is 0.897. The van der Waals surface area contributed by atoms with Gasteiger partial charge in [0.15, 0.2) is 4.32 Å². The largest absolute Gasteiger partial charge is 0.270 e. The Morgan fingerprint density at radius 2 is 1.70 bits per heavy atom. The molecule has 2 aromatic carbocycles. The number of thiocarbonyl (C=S) groups is 1. The number of hydrogen-bond acceptors (Lipinski definition) is 3. The number of halogens is 3. The van der Waals surface area contributed by atoms with Gasteiger partial charge in [-0.1, -0.05) is 53.2 Å². The van der Waals surface area contributed by atoms with Gasteiger partial charge < -0.3 is 0 Å². The predicted molar refractivity (Wildman–Crippen MR) is 98.5 cm³/mol. The number of carbonyl (C=O) groups is 1. The van der Waals surface area contributed by atoms with E-state index in [1.165, 1.54) is 29.2 Å². The highest BCUT2D eigenvalue weighted by molar-refractivity contribution is 8.27. The molecule has 0 unspecified atom stereocenters. The topological polar surface area (TPSA) is 20.3 Å². The standard InChI is InChI=1S/C16H8Cl2FNOS2/c17-12-2-1-3-13(18)11(12)8-14-15(21)20(16(22)23-14)10-6-4-9(19)5-7-10/h1-8H/b14-8-. The first kappa shape index (κ1) is 16.5. The molecule has 0 aliphatic carbocycles. The van der Waals surface area contributed by atoms with E-state index in [1.54, 1.807) is 24.3 Å². The van der Waals surface area contributed by atoms with E-state index in [2.05, 4.69) is 0 Å². The van der Waals surface area contributed by atoms with Crippen LogP contribution in [-0.4, -0.2) is 10.2 Å². The van der Waals surface area contributed by atoms with Crippen molar-refractivity contribution in [1.82, 2.24) is 0 Å². The summed E-state index contributed by atoms with van der Waals surface area (Å²) in [6, 6.07) is 10.7. The van der Waals surface area contributed by atoms with E-state index in [0.717, 1.165) is 11.8 Å². The molecule has 3 rings (SSSR count). The van der Waals surface area contributed by atoms with Crippen molar-refractivity contribution in [3.8, 4) is 0 Å². The summed E-state index contributed by atoms with van der Waals surface area (Å²) in [7, 11) is 0. The second-order valence-corrected chi connectivity index (χ2v) is 7.12. The van der Waals surface area contributed by atoms with Gasteiger partial charge in [0.25, 0.3) is 5.91 Å². The van der Waals surface area contributed by atoms with Crippen molar-refractivity contribution in [2.75, 3.05) is 4.90 Å². The third-order valence-electron chi connectivity index (χ3n) is 3.15. The number of benzene rings is 2. The van der Waals surface area contributed by atoms with Crippen LogP contribution in [0.2, 0.25) is 10.0 Å².